The van der Waals surface area contributed by atoms with Crippen molar-refractivity contribution < 1.29 is 13.9 Å². The summed E-state index contributed by atoms with van der Waals surface area (Å²) < 4.78 is 25.1. The molecule has 1 fully saturated rings. The van der Waals surface area contributed by atoms with Crippen LogP contribution in [0.15, 0.2) is 42.6 Å². The summed E-state index contributed by atoms with van der Waals surface area (Å²) in [6.45, 7) is 1.97. The van der Waals surface area contributed by atoms with Crippen LogP contribution in [0.2, 0.25) is 0 Å². The van der Waals surface area contributed by atoms with Crippen LogP contribution < -0.4 is 10.1 Å². The zero-order valence-electron chi connectivity index (χ0n) is 10.9. The molecule has 0 bridgehead atoms. The number of halogens is 1. The Hall–Kier alpha value is -1.98. The largest absolute Gasteiger partial charge is 0.439 e. The number of benzene rings is 1. The summed E-state index contributed by atoms with van der Waals surface area (Å²) >= 11 is 0. The monoisotopic (exact) mass is 274 g/mol. The van der Waals surface area contributed by atoms with Gasteiger partial charge >= 0.3 is 0 Å². The molecule has 104 valence electrons. The Bertz CT molecular complexity index is 571. The summed E-state index contributed by atoms with van der Waals surface area (Å²) in [6, 6.07) is 10.0. The van der Waals surface area contributed by atoms with E-state index in [4.69, 9.17) is 9.47 Å². The lowest BCUT2D eigenvalue weighted by atomic mass is 10.1. The first-order chi connectivity index (χ1) is 9.83. The topological polar surface area (TPSA) is 43.4 Å². The molecule has 0 saturated carbocycles. The van der Waals surface area contributed by atoms with E-state index in [1.54, 1.807) is 24.4 Å². The zero-order chi connectivity index (χ0) is 13.8. The Morgan fingerprint density at radius 1 is 1.30 bits per heavy atom. The Morgan fingerprint density at radius 2 is 2.25 bits per heavy atom. The molecule has 1 aliphatic rings. The molecule has 20 heavy (non-hydrogen) atoms. The normalized spacial score (nSPS) is 18.8. The molecule has 0 spiro atoms. The molecular weight excluding hydrogens is 259 g/mol. The Kier molecular flexibility index (Phi) is 3.90. The Balaban J connectivity index is 1.82. The van der Waals surface area contributed by atoms with E-state index >= 15 is 0 Å². The summed E-state index contributed by atoms with van der Waals surface area (Å²) in [7, 11) is 0. The molecule has 5 heteroatoms. The van der Waals surface area contributed by atoms with Crippen LogP contribution in [0.5, 0.6) is 11.6 Å². The van der Waals surface area contributed by atoms with Gasteiger partial charge in [-0.2, -0.15) is 0 Å². The van der Waals surface area contributed by atoms with E-state index in [2.05, 4.69) is 10.3 Å². The first-order valence-corrected chi connectivity index (χ1v) is 6.53. The van der Waals surface area contributed by atoms with Crippen molar-refractivity contribution in [2.45, 2.75) is 6.10 Å². The van der Waals surface area contributed by atoms with Gasteiger partial charge in [0.1, 0.15) is 11.6 Å². The molecule has 2 aromatic rings. The third-order valence-electron chi connectivity index (χ3n) is 3.10. The number of hydrogen-bond donors (Lipinski definition) is 1. The number of rotatable bonds is 3. The standard InChI is InChI=1S/C15H15FN2O2/c16-13-5-4-11(20-15-3-1-2-6-18-15)9-12(13)14-10-17-7-8-19-14/h1-6,9,14,17H,7-8,10H2/t14-/m1/s1. The molecule has 4 nitrogen and oxygen atoms in total. The van der Waals surface area contributed by atoms with Crippen molar-refractivity contribution in [2.75, 3.05) is 19.7 Å². The van der Waals surface area contributed by atoms with Crippen molar-refractivity contribution in [1.29, 1.82) is 0 Å². The van der Waals surface area contributed by atoms with Crippen molar-refractivity contribution in [3.63, 3.8) is 0 Å². The first kappa shape index (κ1) is 13.0. The molecule has 1 N–H and O–H groups in total. The minimum absolute atomic E-state index is 0.281. The average molecular weight is 274 g/mol. The lowest BCUT2D eigenvalue weighted by Gasteiger charge is -2.24. The van der Waals surface area contributed by atoms with Gasteiger partial charge in [0.05, 0.1) is 12.7 Å². The molecule has 1 aromatic heterocycles. The van der Waals surface area contributed by atoms with Gasteiger partial charge in [0.15, 0.2) is 0 Å². The van der Waals surface area contributed by atoms with Crippen LogP contribution in [0.25, 0.3) is 0 Å². The summed E-state index contributed by atoms with van der Waals surface area (Å²) in [5.41, 5.74) is 0.505. The van der Waals surface area contributed by atoms with Gasteiger partial charge in [-0.1, -0.05) is 6.07 Å². The number of nitrogens with zero attached hydrogens (tertiary/aromatic N) is 1. The third kappa shape index (κ3) is 2.95. The SMILES string of the molecule is Fc1ccc(Oc2ccccn2)cc1[C@H]1CNCCO1. The quantitative estimate of drug-likeness (QED) is 0.934. The molecule has 1 aromatic carbocycles. The van der Waals surface area contributed by atoms with Gasteiger partial charge in [0.25, 0.3) is 0 Å². The number of hydrogen-bond acceptors (Lipinski definition) is 4. The van der Waals surface area contributed by atoms with E-state index in [1.807, 2.05) is 12.1 Å². The van der Waals surface area contributed by atoms with Crippen LogP contribution in [-0.2, 0) is 4.74 Å². The van der Waals surface area contributed by atoms with Crippen molar-refractivity contribution in [3.8, 4) is 11.6 Å². The van der Waals surface area contributed by atoms with Crippen LogP contribution in [-0.4, -0.2) is 24.7 Å². The van der Waals surface area contributed by atoms with Crippen LogP contribution in [0.3, 0.4) is 0 Å². The fourth-order valence-corrected chi connectivity index (χ4v) is 2.13. The van der Waals surface area contributed by atoms with Crippen molar-refractivity contribution in [3.05, 3.63) is 54.0 Å². The van der Waals surface area contributed by atoms with E-state index in [1.165, 1.54) is 6.07 Å². The Morgan fingerprint density at radius 3 is 3.00 bits per heavy atom. The van der Waals surface area contributed by atoms with E-state index < -0.39 is 0 Å². The van der Waals surface area contributed by atoms with Gasteiger partial charge in [-0.15, -0.1) is 0 Å². The van der Waals surface area contributed by atoms with Crippen LogP contribution >= 0.6 is 0 Å². The number of morpholine rings is 1. The average Bonchev–Trinajstić information content (AvgIpc) is 2.51. The maximum Gasteiger partial charge on any atom is 0.219 e. The second kappa shape index (κ2) is 5.98. The van der Waals surface area contributed by atoms with Gasteiger partial charge in [0.2, 0.25) is 5.88 Å². The molecule has 1 aliphatic heterocycles. The van der Waals surface area contributed by atoms with Gasteiger partial charge in [-0.3, -0.25) is 0 Å². The predicted molar refractivity (Wildman–Crippen MR) is 72.3 cm³/mol. The van der Waals surface area contributed by atoms with E-state index in [-0.39, 0.29) is 11.9 Å². The maximum atomic E-state index is 13.9. The molecule has 3 rings (SSSR count). The lowest BCUT2D eigenvalue weighted by molar-refractivity contribution is 0.0254. The summed E-state index contributed by atoms with van der Waals surface area (Å²) in [5.74, 6) is 0.745. The van der Waals surface area contributed by atoms with Crippen LogP contribution in [0, 0.1) is 5.82 Å². The molecule has 0 amide bonds. The summed E-state index contributed by atoms with van der Waals surface area (Å²) in [4.78, 5) is 4.08. The molecule has 1 saturated heterocycles. The highest BCUT2D eigenvalue weighted by molar-refractivity contribution is 5.34. The summed E-state index contributed by atoms with van der Waals surface area (Å²) in [5, 5.41) is 3.18. The van der Waals surface area contributed by atoms with E-state index in [9.17, 15) is 4.39 Å². The van der Waals surface area contributed by atoms with E-state index in [0.29, 0.717) is 30.3 Å². The highest BCUT2D eigenvalue weighted by Gasteiger charge is 2.20. The molecule has 0 radical (unpaired) electrons. The predicted octanol–water partition coefficient (Wildman–Crippen LogP) is 2.67. The third-order valence-corrected chi connectivity index (χ3v) is 3.10. The minimum atomic E-state index is -0.285. The fourth-order valence-electron chi connectivity index (χ4n) is 2.13. The van der Waals surface area contributed by atoms with Gasteiger partial charge in [-0.05, 0) is 24.3 Å². The van der Waals surface area contributed by atoms with Gasteiger partial charge < -0.3 is 14.8 Å². The molecular formula is C15H15FN2O2. The second-order valence-electron chi connectivity index (χ2n) is 4.52. The maximum absolute atomic E-state index is 13.9. The van der Waals surface area contributed by atoms with E-state index in [0.717, 1.165) is 6.54 Å². The molecule has 0 aliphatic carbocycles. The highest BCUT2D eigenvalue weighted by Crippen LogP contribution is 2.28. The number of nitrogens with one attached hydrogen (secondary N) is 1. The second-order valence-corrected chi connectivity index (χ2v) is 4.52. The minimum Gasteiger partial charge on any atom is -0.439 e. The van der Waals surface area contributed by atoms with Crippen molar-refractivity contribution >= 4 is 0 Å². The van der Waals surface area contributed by atoms with Crippen LogP contribution in [0.4, 0.5) is 4.39 Å². The highest BCUT2D eigenvalue weighted by atomic mass is 19.1. The molecule has 2 heterocycles. The smallest absolute Gasteiger partial charge is 0.219 e. The first-order valence-electron chi connectivity index (χ1n) is 6.53. The number of pyridine rings is 1. The zero-order valence-corrected chi connectivity index (χ0v) is 10.9. The number of ether oxygens (including phenoxy) is 2. The lowest BCUT2D eigenvalue weighted by Crippen LogP contribution is -2.33. The van der Waals surface area contributed by atoms with Crippen molar-refractivity contribution in [1.82, 2.24) is 10.3 Å². The number of aromatic nitrogens is 1. The van der Waals surface area contributed by atoms with Crippen LogP contribution in [0.1, 0.15) is 11.7 Å². The molecule has 0 unspecified atom stereocenters. The van der Waals surface area contributed by atoms with Gasteiger partial charge in [0, 0.05) is 30.9 Å². The summed E-state index contributed by atoms with van der Waals surface area (Å²) in [6.07, 6.45) is 1.37. The fraction of sp³-hybridized carbons (Fsp3) is 0.267. The van der Waals surface area contributed by atoms with Crippen molar-refractivity contribution in [2.24, 2.45) is 0 Å². The Labute approximate surface area is 116 Å². The van der Waals surface area contributed by atoms with Gasteiger partial charge in [-0.25, -0.2) is 9.37 Å². The molecule has 1 atom stereocenters.